The molecule has 0 amide bonds. The third-order valence-corrected chi connectivity index (χ3v) is 3.71. The number of nitrogens with zero attached hydrogens (tertiary/aromatic N) is 2. The van der Waals surface area contributed by atoms with Gasteiger partial charge in [-0.3, -0.25) is 4.98 Å². The molecule has 0 saturated heterocycles. The lowest BCUT2D eigenvalue weighted by Gasteiger charge is -2.13. The van der Waals surface area contributed by atoms with Gasteiger partial charge in [0.25, 0.3) is 0 Å². The van der Waals surface area contributed by atoms with Gasteiger partial charge in [0.05, 0.1) is 12.4 Å². The lowest BCUT2D eigenvalue weighted by molar-refractivity contribution is 0.425. The number of halogens is 3. The fourth-order valence-corrected chi connectivity index (χ4v) is 2.20. The smallest absolute Gasteiger partial charge is 0.202 e. The standard InChI is InChI=1S/C17H11Cl2FN2O2/c1-10-14(23-12-4-2-11(18)3-5-12)8-21-9-15(10)24-13-6-7-22-17(19)16(13)20/h2-9H,1H3. The van der Waals surface area contributed by atoms with Crippen LogP contribution in [0.3, 0.4) is 0 Å². The number of hydrogen-bond donors (Lipinski definition) is 0. The SMILES string of the molecule is Cc1c(Oc2ccc(Cl)cc2)cncc1Oc1ccnc(Cl)c1F. The quantitative estimate of drug-likeness (QED) is 0.547. The molecular formula is C17H11Cl2FN2O2. The molecule has 0 spiro atoms. The third kappa shape index (κ3) is 3.58. The minimum absolute atomic E-state index is 0.0384. The van der Waals surface area contributed by atoms with E-state index in [1.165, 1.54) is 18.5 Å². The second-order valence-electron chi connectivity index (χ2n) is 4.83. The van der Waals surface area contributed by atoms with E-state index in [1.54, 1.807) is 37.4 Å². The fraction of sp³-hybridized carbons (Fsp3) is 0.0588. The highest BCUT2D eigenvalue weighted by atomic mass is 35.5. The third-order valence-electron chi connectivity index (χ3n) is 3.20. The van der Waals surface area contributed by atoms with Crippen molar-refractivity contribution >= 4 is 23.2 Å². The Morgan fingerprint density at radius 3 is 2.29 bits per heavy atom. The molecular weight excluding hydrogens is 354 g/mol. The van der Waals surface area contributed by atoms with Crippen LogP contribution >= 0.6 is 23.2 Å². The van der Waals surface area contributed by atoms with Crippen molar-refractivity contribution in [3.05, 3.63) is 70.5 Å². The Hall–Kier alpha value is -2.37. The predicted molar refractivity (Wildman–Crippen MR) is 89.8 cm³/mol. The van der Waals surface area contributed by atoms with Crippen LogP contribution in [-0.4, -0.2) is 9.97 Å². The van der Waals surface area contributed by atoms with E-state index in [9.17, 15) is 4.39 Å². The van der Waals surface area contributed by atoms with Gasteiger partial charge in [-0.05, 0) is 31.2 Å². The lowest BCUT2D eigenvalue weighted by atomic mass is 10.2. The van der Waals surface area contributed by atoms with Crippen LogP contribution in [0.1, 0.15) is 5.56 Å². The summed E-state index contributed by atoms with van der Waals surface area (Å²) in [5.41, 5.74) is 0.660. The topological polar surface area (TPSA) is 44.2 Å². The average molecular weight is 365 g/mol. The molecule has 7 heteroatoms. The van der Waals surface area contributed by atoms with Crippen molar-refractivity contribution in [2.24, 2.45) is 0 Å². The Labute approximate surface area is 147 Å². The van der Waals surface area contributed by atoms with Gasteiger partial charge in [-0.25, -0.2) is 4.98 Å². The van der Waals surface area contributed by atoms with Gasteiger partial charge in [0.2, 0.25) is 5.82 Å². The molecule has 4 nitrogen and oxygen atoms in total. The first-order valence-electron chi connectivity index (χ1n) is 6.90. The molecule has 3 aromatic rings. The summed E-state index contributed by atoms with van der Waals surface area (Å²) < 4.78 is 25.2. The fourth-order valence-electron chi connectivity index (χ4n) is 1.92. The van der Waals surface area contributed by atoms with E-state index >= 15 is 0 Å². The summed E-state index contributed by atoms with van der Waals surface area (Å²) in [6.45, 7) is 1.78. The highest BCUT2D eigenvalue weighted by Gasteiger charge is 2.14. The van der Waals surface area contributed by atoms with Crippen LogP contribution in [-0.2, 0) is 0 Å². The molecule has 24 heavy (non-hydrogen) atoms. The minimum atomic E-state index is -0.734. The van der Waals surface area contributed by atoms with Crippen LogP contribution in [0.5, 0.6) is 23.0 Å². The zero-order valence-corrected chi connectivity index (χ0v) is 14.0. The Bertz CT molecular complexity index is 873. The summed E-state index contributed by atoms with van der Waals surface area (Å²) in [4.78, 5) is 7.70. The number of aromatic nitrogens is 2. The molecule has 0 aliphatic carbocycles. The van der Waals surface area contributed by atoms with Crippen molar-refractivity contribution in [2.45, 2.75) is 6.92 Å². The van der Waals surface area contributed by atoms with Crippen LogP contribution in [0.15, 0.2) is 48.9 Å². The highest BCUT2D eigenvalue weighted by Crippen LogP contribution is 2.34. The first-order valence-corrected chi connectivity index (χ1v) is 7.66. The second kappa shape index (κ2) is 7.03. The highest BCUT2D eigenvalue weighted by molar-refractivity contribution is 6.30. The largest absolute Gasteiger partial charge is 0.455 e. The van der Waals surface area contributed by atoms with Crippen LogP contribution < -0.4 is 9.47 Å². The Morgan fingerprint density at radius 2 is 1.58 bits per heavy atom. The van der Waals surface area contributed by atoms with Gasteiger partial charge in [0.15, 0.2) is 22.4 Å². The molecule has 3 rings (SSSR count). The van der Waals surface area contributed by atoms with E-state index in [0.29, 0.717) is 27.8 Å². The monoisotopic (exact) mass is 364 g/mol. The molecule has 2 aromatic heterocycles. The van der Waals surface area contributed by atoms with Crippen molar-refractivity contribution in [3.8, 4) is 23.0 Å². The molecule has 0 aliphatic heterocycles. The zero-order chi connectivity index (χ0) is 17.1. The van der Waals surface area contributed by atoms with Crippen molar-refractivity contribution in [2.75, 3.05) is 0 Å². The lowest BCUT2D eigenvalue weighted by Crippen LogP contribution is -1.96. The normalized spacial score (nSPS) is 10.5. The second-order valence-corrected chi connectivity index (χ2v) is 5.63. The molecule has 0 radical (unpaired) electrons. The number of ether oxygens (including phenoxy) is 2. The van der Waals surface area contributed by atoms with E-state index in [1.807, 2.05) is 0 Å². The summed E-state index contributed by atoms with van der Waals surface area (Å²) in [6.07, 6.45) is 4.38. The Kier molecular flexibility index (Phi) is 4.83. The number of rotatable bonds is 4. The van der Waals surface area contributed by atoms with E-state index in [2.05, 4.69) is 9.97 Å². The molecule has 1 aromatic carbocycles. The molecule has 0 unspecified atom stereocenters. The van der Waals surface area contributed by atoms with Crippen LogP contribution in [0.2, 0.25) is 10.2 Å². The average Bonchev–Trinajstić information content (AvgIpc) is 2.57. The molecule has 0 bridgehead atoms. The predicted octanol–water partition coefficient (Wildman–Crippen LogP) is 5.82. The number of hydrogen-bond acceptors (Lipinski definition) is 4. The van der Waals surface area contributed by atoms with Crippen molar-refractivity contribution < 1.29 is 13.9 Å². The molecule has 0 N–H and O–H groups in total. The van der Waals surface area contributed by atoms with Crippen molar-refractivity contribution in [1.82, 2.24) is 9.97 Å². The summed E-state index contributed by atoms with van der Waals surface area (Å²) in [5, 5.41) is 0.353. The van der Waals surface area contributed by atoms with Crippen LogP contribution in [0, 0.1) is 12.7 Å². The van der Waals surface area contributed by atoms with E-state index in [4.69, 9.17) is 32.7 Å². The first kappa shape index (κ1) is 16.5. The molecule has 0 atom stereocenters. The van der Waals surface area contributed by atoms with Crippen molar-refractivity contribution in [1.29, 1.82) is 0 Å². The van der Waals surface area contributed by atoms with Gasteiger partial charge in [0, 0.05) is 22.8 Å². The Balaban J connectivity index is 1.88. The van der Waals surface area contributed by atoms with E-state index in [0.717, 1.165) is 0 Å². The molecule has 2 heterocycles. The Morgan fingerprint density at radius 1 is 0.917 bits per heavy atom. The van der Waals surface area contributed by atoms with Gasteiger partial charge in [0.1, 0.15) is 5.75 Å². The molecule has 0 aliphatic rings. The molecule has 0 fully saturated rings. The van der Waals surface area contributed by atoms with Gasteiger partial charge in [-0.15, -0.1) is 0 Å². The number of pyridine rings is 2. The zero-order valence-electron chi connectivity index (χ0n) is 12.5. The van der Waals surface area contributed by atoms with Gasteiger partial charge >= 0.3 is 0 Å². The maximum absolute atomic E-state index is 13.9. The van der Waals surface area contributed by atoms with Gasteiger partial charge in [-0.2, -0.15) is 4.39 Å². The van der Waals surface area contributed by atoms with Crippen LogP contribution in [0.4, 0.5) is 4.39 Å². The maximum atomic E-state index is 13.9. The maximum Gasteiger partial charge on any atom is 0.202 e. The summed E-state index contributed by atoms with van der Waals surface area (Å²) >= 11 is 11.5. The van der Waals surface area contributed by atoms with Gasteiger partial charge in [-0.1, -0.05) is 23.2 Å². The van der Waals surface area contributed by atoms with Crippen molar-refractivity contribution in [3.63, 3.8) is 0 Å². The first-order chi connectivity index (χ1) is 11.5. The number of benzene rings is 1. The van der Waals surface area contributed by atoms with Gasteiger partial charge < -0.3 is 9.47 Å². The van der Waals surface area contributed by atoms with Crippen LogP contribution in [0.25, 0.3) is 0 Å². The summed E-state index contributed by atoms with van der Waals surface area (Å²) in [6, 6.07) is 8.28. The molecule has 0 saturated carbocycles. The van der Waals surface area contributed by atoms with E-state index < -0.39 is 5.82 Å². The summed E-state index contributed by atoms with van der Waals surface area (Å²) in [7, 11) is 0. The van der Waals surface area contributed by atoms with E-state index in [-0.39, 0.29) is 10.9 Å². The molecule has 122 valence electrons. The minimum Gasteiger partial charge on any atom is -0.455 e. The summed E-state index contributed by atoms with van der Waals surface area (Å²) in [5.74, 6) is 0.656.